The van der Waals surface area contributed by atoms with Gasteiger partial charge in [-0.3, -0.25) is 0 Å². The number of aliphatic hydroxyl groups is 4. The quantitative estimate of drug-likeness (QED) is 0.350. The molecule has 0 aromatic carbocycles. The topological polar surface area (TPSA) is 107 Å². The summed E-state index contributed by atoms with van der Waals surface area (Å²) in [4.78, 5) is 0. The summed E-state index contributed by atoms with van der Waals surface area (Å²) in [6.45, 7) is 1.73. The standard InChI is InChI=1S/C8H15NO4/c1-2-3-5(10)4(9)7(12)8(13)6(3)11/h4,6-8,10-13H,2,9H2,1H3/t4-,6?,7?,8+/m1/s1. The molecule has 0 spiro atoms. The fourth-order valence-electron chi connectivity index (χ4n) is 1.52. The Bertz CT molecular complexity index is 228. The predicted octanol–water partition coefficient (Wildman–Crippen LogP) is -1.37. The Kier molecular flexibility index (Phi) is 2.92. The molecule has 0 aromatic heterocycles. The van der Waals surface area contributed by atoms with E-state index in [1.807, 2.05) is 0 Å². The summed E-state index contributed by atoms with van der Waals surface area (Å²) >= 11 is 0. The van der Waals surface area contributed by atoms with Crippen LogP contribution in [0.4, 0.5) is 0 Å². The molecular formula is C8H15NO4. The number of nitrogens with two attached hydrogens (primary N) is 1. The van der Waals surface area contributed by atoms with Crippen LogP contribution in [0.1, 0.15) is 13.3 Å². The van der Waals surface area contributed by atoms with Gasteiger partial charge in [0.15, 0.2) is 0 Å². The van der Waals surface area contributed by atoms with Crippen LogP contribution in [0.15, 0.2) is 11.3 Å². The minimum atomic E-state index is -1.32. The predicted molar refractivity (Wildman–Crippen MR) is 45.9 cm³/mol. The maximum absolute atomic E-state index is 9.42. The van der Waals surface area contributed by atoms with Crippen LogP contribution in [0.5, 0.6) is 0 Å². The Morgan fingerprint density at radius 1 is 1.23 bits per heavy atom. The van der Waals surface area contributed by atoms with E-state index in [9.17, 15) is 20.4 Å². The SMILES string of the molecule is CCC1=C(O)[C@@H](N)C(O)[C@@H](O)C1O. The molecule has 1 aliphatic rings. The summed E-state index contributed by atoms with van der Waals surface area (Å²) in [6, 6.07) is -1.01. The third-order valence-electron chi connectivity index (χ3n) is 2.42. The van der Waals surface area contributed by atoms with Crippen molar-refractivity contribution in [3.05, 3.63) is 11.3 Å². The van der Waals surface area contributed by atoms with Crippen molar-refractivity contribution in [3.63, 3.8) is 0 Å². The van der Waals surface area contributed by atoms with Crippen molar-refractivity contribution in [2.24, 2.45) is 5.73 Å². The second-order valence-electron chi connectivity index (χ2n) is 3.22. The average Bonchev–Trinajstić information content (AvgIpc) is 2.13. The average molecular weight is 189 g/mol. The van der Waals surface area contributed by atoms with E-state index in [-0.39, 0.29) is 5.76 Å². The normalized spacial score (nSPS) is 41.0. The highest BCUT2D eigenvalue weighted by Gasteiger charge is 2.39. The maximum Gasteiger partial charge on any atom is 0.114 e. The van der Waals surface area contributed by atoms with Gasteiger partial charge < -0.3 is 26.2 Å². The van der Waals surface area contributed by atoms with Gasteiger partial charge in [0.1, 0.15) is 24.1 Å². The minimum Gasteiger partial charge on any atom is -0.510 e. The molecule has 0 aliphatic heterocycles. The highest BCUT2D eigenvalue weighted by molar-refractivity contribution is 5.25. The number of hydrogen-bond donors (Lipinski definition) is 5. The first-order chi connectivity index (χ1) is 6.00. The molecule has 4 atom stereocenters. The minimum absolute atomic E-state index is 0.215. The van der Waals surface area contributed by atoms with E-state index in [1.165, 1.54) is 0 Å². The van der Waals surface area contributed by atoms with E-state index >= 15 is 0 Å². The molecule has 0 aromatic rings. The second kappa shape index (κ2) is 3.63. The van der Waals surface area contributed by atoms with Gasteiger partial charge in [-0.2, -0.15) is 0 Å². The molecule has 2 unspecified atom stereocenters. The molecule has 5 nitrogen and oxygen atoms in total. The lowest BCUT2D eigenvalue weighted by Gasteiger charge is -2.34. The van der Waals surface area contributed by atoms with Crippen molar-refractivity contribution in [1.82, 2.24) is 0 Å². The fourth-order valence-corrected chi connectivity index (χ4v) is 1.52. The molecule has 0 amide bonds. The van der Waals surface area contributed by atoms with Gasteiger partial charge in [-0.1, -0.05) is 6.92 Å². The van der Waals surface area contributed by atoms with Crippen LogP contribution in [0.25, 0.3) is 0 Å². The van der Waals surface area contributed by atoms with Gasteiger partial charge in [0.2, 0.25) is 0 Å². The van der Waals surface area contributed by atoms with E-state index in [0.29, 0.717) is 12.0 Å². The largest absolute Gasteiger partial charge is 0.510 e. The fraction of sp³-hybridized carbons (Fsp3) is 0.750. The van der Waals surface area contributed by atoms with Crippen LogP contribution in [-0.2, 0) is 0 Å². The molecule has 0 radical (unpaired) electrons. The third-order valence-corrected chi connectivity index (χ3v) is 2.42. The van der Waals surface area contributed by atoms with Crippen molar-refractivity contribution < 1.29 is 20.4 Å². The summed E-state index contributed by atoms with van der Waals surface area (Å²) in [5.41, 5.74) is 5.71. The van der Waals surface area contributed by atoms with Crippen LogP contribution in [0, 0.1) is 0 Å². The van der Waals surface area contributed by atoms with Gasteiger partial charge in [0.05, 0.1) is 6.04 Å². The van der Waals surface area contributed by atoms with E-state index in [2.05, 4.69) is 0 Å². The molecule has 6 N–H and O–H groups in total. The Hall–Kier alpha value is -0.620. The molecular weight excluding hydrogens is 174 g/mol. The first-order valence-electron chi connectivity index (χ1n) is 4.22. The zero-order chi connectivity index (χ0) is 10.2. The monoisotopic (exact) mass is 189 g/mol. The van der Waals surface area contributed by atoms with Gasteiger partial charge in [-0.05, 0) is 12.0 Å². The molecule has 76 valence electrons. The van der Waals surface area contributed by atoms with Crippen molar-refractivity contribution in [3.8, 4) is 0 Å². The van der Waals surface area contributed by atoms with Crippen LogP contribution < -0.4 is 5.73 Å². The van der Waals surface area contributed by atoms with E-state index in [4.69, 9.17) is 5.73 Å². The number of rotatable bonds is 1. The molecule has 1 aliphatic carbocycles. The van der Waals surface area contributed by atoms with E-state index < -0.39 is 24.4 Å². The molecule has 0 heterocycles. The Morgan fingerprint density at radius 2 is 1.77 bits per heavy atom. The zero-order valence-corrected chi connectivity index (χ0v) is 7.38. The lowest BCUT2D eigenvalue weighted by molar-refractivity contribution is -0.0678. The first-order valence-corrected chi connectivity index (χ1v) is 4.22. The summed E-state index contributed by atoms with van der Waals surface area (Å²) in [5.74, 6) is -0.215. The van der Waals surface area contributed by atoms with Crippen molar-refractivity contribution in [1.29, 1.82) is 0 Å². The van der Waals surface area contributed by atoms with E-state index in [0.717, 1.165) is 0 Å². The molecule has 0 saturated carbocycles. The van der Waals surface area contributed by atoms with Crippen LogP contribution in [-0.4, -0.2) is 44.8 Å². The van der Waals surface area contributed by atoms with Crippen molar-refractivity contribution >= 4 is 0 Å². The third kappa shape index (κ3) is 1.55. The highest BCUT2D eigenvalue weighted by Crippen LogP contribution is 2.25. The Morgan fingerprint density at radius 3 is 2.23 bits per heavy atom. The lowest BCUT2D eigenvalue weighted by atomic mass is 9.86. The van der Waals surface area contributed by atoms with Gasteiger partial charge in [-0.15, -0.1) is 0 Å². The number of aliphatic hydroxyl groups excluding tert-OH is 4. The number of hydrogen-bond acceptors (Lipinski definition) is 5. The Labute approximate surface area is 76.1 Å². The summed E-state index contributed by atoms with van der Waals surface area (Å²) in [5, 5.41) is 37.4. The van der Waals surface area contributed by atoms with Crippen LogP contribution in [0.2, 0.25) is 0 Å². The molecule has 1 rings (SSSR count). The van der Waals surface area contributed by atoms with Crippen molar-refractivity contribution in [2.45, 2.75) is 37.7 Å². The molecule has 0 bridgehead atoms. The lowest BCUT2D eigenvalue weighted by Crippen LogP contribution is -2.54. The first kappa shape index (κ1) is 10.5. The van der Waals surface area contributed by atoms with Crippen LogP contribution >= 0.6 is 0 Å². The summed E-state index contributed by atoms with van der Waals surface area (Å²) in [6.07, 6.45) is -3.46. The molecule has 0 fully saturated rings. The van der Waals surface area contributed by atoms with Gasteiger partial charge >= 0.3 is 0 Å². The van der Waals surface area contributed by atoms with Gasteiger partial charge in [-0.25, -0.2) is 0 Å². The highest BCUT2D eigenvalue weighted by atomic mass is 16.4. The van der Waals surface area contributed by atoms with Gasteiger partial charge in [0.25, 0.3) is 0 Å². The zero-order valence-electron chi connectivity index (χ0n) is 7.38. The van der Waals surface area contributed by atoms with Gasteiger partial charge in [0, 0.05) is 0 Å². The van der Waals surface area contributed by atoms with E-state index in [1.54, 1.807) is 6.92 Å². The van der Waals surface area contributed by atoms with Crippen LogP contribution in [0.3, 0.4) is 0 Å². The molecule has 13 heavy (non-hydrogen) atoms. The smallest absolute Gasteiger partial charge is 0.114 e. The second-order valence-corrected chi connectivity index (χ2v) is 3.22. The molecule has 0 saturated heterocycles. The summed E-state index contributed by atoms with van der Waals surface area (Å²) in [7, 11) is 0. The maximum atomic E-state index is 9.42. The Balaban J connectivity index is 3.03. The van der Waals surface area contributed by atoms with Crippen molar-refractivity contribution in [2.75, 3.05) is 0 Å². The summed E-state index contributed by atoms with van der Waals surface area (Å²) < 4.78 is 0. The molecule has 5 heteroatoms.